The molecule has 2 atom stereocenters. The molecule has 0 bridgehead atoms. The van der Waals surface area contributed by atoms with Gasteiger partial charge in [-0.25, -0.2) is 8.42 Å². The fraction of sp³-hybridized carbons (Fsp3) is 0.300. The number of nitrogens with one attached hydrogen (secondary N) is 1. The number of aromatic nitrogens is 1. The van der Waals surface area contributed by atoms with Crippen molar-refractivity contribution < 1.29 is 27.6 Å². The van der Waals surface area contributed by atoms with E-state index in [-0.39, 0.29) is 17.2 Å². The van der Waals surface area contributed by atoms with Crippen LogP contribution < -0.4 is 4.72 Å². The summed E-state index contributed by atoms with van der Waals surface area (Å²) in [5.74, 6) is -0.681. The van der Waals surface area contributed by atoms with Crippen molar-refractivity contribution in [3.8, 4) is 10.6 Å². The number of nitrogens with zero attached hydrogens (tertiary/aromatic N) is 1. The predicted octanol–water partition coefficient (Wildman–Crippen LogP) is 3.01. The molecule has 1 saturated carbocycles. The van der Waals surface area contributed by atoms with Gasteiger partial charge in [-0.15, -0.1) is 11.3 Å². The van der Waals surface area contributed by atoms with Gasteiger partial charge in [0.2, 0.25) is 0 Å². The van der Waals surface area contributed by atoms with Crippen molar-refractivity contribution in [2.45, 2.75) is 35.1 Å². The third-order valence-corrected chi connectivity index (χ3v) is 8.56. The van der Waals surface area contributed by atoms with Gasteiger partial charge in [0.1, 0.15) is 22.0 Å². The molecule has 1 fully saturated rings. The van der Waals surface area contributed by atoms with E-state index in [0.29, 0.717) is 16.3 Å². The molecule has 0 amide bonds. The minimum absolute atomic E-state index is 0.0109. The lowest BCUT2D eigenvalue weighted by Crippen LogP contribution is -2.47. The van der Waals surface area contributed by atoms with Crippen molar-refractivity contribution >= 4 is 27.3 Å². The highest BCUT2D eigenvalue weighted by Gasteiger charge is 2.72. The Labute approximate surface area is 177 Å². The van der Waals surface area contributed by atoms with Crippen LogP contribution in [-0.4, -0.2) is 37.3 Å². The van der Waals surface area contributed by atoms with Gasteiger partial charge in [-0.1, -0.05) is 42.4 Å². The van der Waals surface area contributed by atoms with Gasteiger partial charge in [0.05, 0.1) is 4.88 Å². The van der Waals surface area contributed by atoms with Gasteiger partial charge >= 0.3 is 5.97 Å². The van der Waals surface area contributed by atoms with E-state index in [1.807, 2.05) is 18.2 Å². The van der Waals surface area contributed by atoms with Crippen LogP contribution in [0.1, 0.15) is 24.7 Å². The number of methoxy groups -OCH3 is 1. The number of ether oxygens (including phenoxy) is 1. The first kappa shape index (κ1) is 20.7. The molecule has 1 unspecified atom stereocenters. The average Bonchev–Trinajstić information content (AvgIpc) is 3.11. The molecule has 1 aliphatic rings. The second-order valence-corrected chi connectivity index (χ2v) is 10.4. The average molecular weight is 449 g/mol. The van der Waals surface area contributed by atoms with E-state index in [4.69, 9.17) is 9.26 Å². The predicted molar refractivity (Wildman–Crippen MR) is 110 cm³/mol. The molecule has 10 heteroatoms. The molecule has 30 heavy (non-hydrogen) atoms. The summed E-state index contributed by atoms with van der Waals surface area (Å²) in [5, 5.41) is 13.8. The molecule has 0 radical (unpaired) electrons. The number of benzene rings is 1. The molecule has 1 aromatic carbocycles. The highest BCUT2D eigenvalue weighted by atomic mass is 32.2. The molecule has 1 aliphatic carbocycles. The van der Waals surface area contributed by atoms with Crippen LogP contribution in [0.2, 0.25) is 0 Å². The van der Waals surface area contributed by atoms with Crippen LogP contribution in [0.3, 0.4) is 0 Å². The summed E-state index contributed by atoms with van der Waals surface area (Å²) in [7, 11) is -2.53. The number of carbonyl (C=O) groups is 1. The Morgan fingerprint density at radius 1 is 1.30 bits per heavy atom. The van der Waals surface area contributed by atoms with Crippen LogP contribution >= 0.6 is 11.3 Å². The van der Waals surface area contributed by atoms with E-state index in [2.05, 4.69) is 9.88 Å². The summed E-state index contributed by atoms with van der Waals surface area (Å²) in [6, 6.07) is 13.8. The molecule has 8 nitrogen and oxygen atoms in total. The molecule has 0 saturated heterocycles. The Bertz CT molecular complexity index is 1190. The maximum Gasteiger partial charge on any atom is 0.325 e. The number of carboxylic acid groups (broad SMARTS) is 1. The SMILES string of the molecule is COCc1cc(-c2ccc(S(=O)(=O)N[C@@]3(C(=O)O)CC3(C)c3ccccc3)s2)no1. The molecule has 2 N–H and O–H groups in total. The fourth-order valence-corrected chi connectivity index (χ4v) is 6.38. The highest BCUT2D eigenvalue weighted by Crippen LogP contribution is 2.58. The van der Waals surface area contributed by atoms with Crippen LogP contribution in [0, 0.1) is 0 Å². The quantitative estimate of drug-likeness (QED) is 0.544. The van der Waals surface area contributed by atoms with Gasteiger partial charge in [-0.3, -0.25) is 4.79 Å². The first-order valence-corrected chi connectivity index (χ1v) is 11.4. The minimum atomic E-state index is -4.07. The van der Waals surface area contributed by atoms with Crippen molar-refractivity contribution in [2.75, 3.05) is 7.11 Å². The van der Waals surface area contributed by atoms with Crippen molar-refractivity contribution in [3.63, 3.8) is 0 Å². The Morgan fingerprint density at radius 2 is 2.03 bits per heavy atom. The monoisotopic (exact) mass is 448 g/mol. The lowest BCUT2D eigenvalue weighted by Gasteiger charge is -2.20. The van der Waals surface area contributed by atoms with Gasteiger partial charge in [0, 0.05) is 18.6 Å². The Morgan fingerprint density at radius 3 is 2.70 bits per heavy atom. The first-order valence-electron chi connectivity index (χ1n) is 9.09. The Hall–Kier alpha value is -2.53. The largest absolute Gasteiger partial charge is 0.480 e. The van der Waals surface area contributed by atoms with Crippen LogP contribution in [0.4, 0.5) is 0 Å². The van der Waals surface area contributed by atoms with Crippen LogP contribution in [0.25, 0.3) is 10.6 Å². The maximum atomic E-state index is 13.0. The summed E-state index contributed by atoms with van der Waals surface area (Å²) in [6.45, 7) is 2.01. The third-order valence-electron chi connectivity index (χ3n) is 5.46. The van der Waals surface area contributed by atoms with E-state index in [9.17, 15) is 18.3 Å². The molecule has 2 aromatic heterocycles. The fourth-order valence-electron chi connectivity index (χ4n) is 3.67. The molecule has 0 aliphatic heterocycles. The first-order chi connectivity index (χ1) is 14.2. The summed E-state index contributed by atoms with van der Waals surface area (Å²) in [5.41, 5.74) is -1.18. The topological polar surface area (TPSA) is 119 Å². The normalized spacial score (nSPS) is 23.4. The molecule has 158 valence electrons. The van der Waals surface area contributed by atoms with E-state index >= 15 is 0 Å². The Balaban J connectivity index is 1.61. The van der Waals surface area contributed by atoms with Gasteiger partial charge in [-0.2, -0.15) is 4.72 Å². The summed E-state index contributed by atoms with van der Waals surface area (Å²) < 4.78 is 38.7. The van der Waals surface area contributed by atoms with E-state index in [1.54, 1.807) is 31.2 Å². The number of sulfonamides is 1. The number of hydrogen-bond acceptors (Lipinski definition) is 7. The molecule has 0 spiro atoms. The highest BCUT2D eigenvalue weighted by molar-refractivity contribution is 7.91. The number of rotatable bonds is 8. The van der Waals surface area contributed by atoms with Crippen LogP contribution in [0.15, 0.2) is 57.3 Å². The zero-order valence-corrected chi connectivity index (χ0v) is 17.9. The Kier molecular flexibility index (Phi) is 5.05. The molecular formula is C20H20N2O6S2. The molecule has 4 rings (SSSR count). The van der Waals surface area contributed by atoms with Crippen LogP contribution in [0.5, 0.6) is 0 Å². The van der Waals surface area contributed by atoms with Gasteiger partial charge in [-0.05, 0) is 24.1 Å². The third kappa shape index (κ3) is 3.35. The number of hydrogen-bond donors (Lipinski definition) is 2. The maximum absolute atomic E-state index is 13.0. The zero-order chi connectivity index (χ0) is 21.6. The van der Waals surface area contributed by atoms with E-state index < -0.39 is 26.9 Å². The molecule has 2 heterocycles. The number of thiophene rings is 1. The second-order valence-electron chi connectivity index (χ2n) is 7.42. The lowest BCUT2D eigenvalue weighted by molar-refractivity contribution is -0.140. The van der Waals surface area contributed by atoms with E-state index in [1.165, 1.54) is 13.2 Å². The van der Waals surface area contributed by atoms with Crippen molar-refractivity contribution in [1.82, 2.24) is 9.88 Å². The van der Waals surface area contributed by atoms with Gasteiger partial charge in [0.25, 0.3) is 10.0 Å². The zero-order valence-electron chi connectivity index (χ0n) is 16.3. The van der Waals surface area contributed by atoms with Crippen molar-refractivity contribution in [1.29, 1.82) is 0 Å². The smallest absolute Gasteiger partial charge is 0.325 e. The lowest BCUT2D eigenvalue weighted by atomic mass is 9.93. The summed E-state index contributed by atoms with van der Waals surface area (Å²) in [6.07, 6.45) is 0.167. The molecular weight excluding hydrogens is 428 g/mol. The van der Waals surface area contributed by atoms with Crippen molar-refractivity contribution in [3.05, 3.63) is 59.9 Å². The van der Waals surface area contributed by atoms with E-state index in [0.717, 1.165) is 16.9 Å². The summed E-state index contributed by atoms with van der Waals surface area (Å²) >= 11 is 0.994. The molecule has 3 aromatic rings. The summed E-state index contributed by atoms with van der Waals surface area (Å²) in [4.78, 5) is 12.7. The van der Waals surface area contributed by atoms with Gasteiger partial charge in [0.15, 0.2) is 5.76 Å². The second kappa shape index (κ2) is 7.31. The number of carboxylic acids is 1. The standard InChI is InChI=1S/C20H20N2O6S2/c1-19(13-6-4-3-5-7-13)12-20(19,18(23)24)22-30(25,26)17-9-8-16(29-17)15-10-14(11-27-2)28-21-15/h3-10,22H,11-12H2,1-2H3,(H,23,24)/t19?,20-/m1/s1. The van der Waals surface area contributed by atoms with Crippen LogP contribution in [-0.2, 0) is 31.6 Å². The minimum Gasteiger partial charge on any atom is -0.480 e. The number of aliphatic carboxylic acids is 1. The van der Waals surface area contributed by atoms with Crippen molar-refractivity contribution in [2.24, 2.45) is 0 Å². The van der Waals surface area contributed by atoms with Gasteiger partial charge < -0.3 is 14.4 Å².